The Balaban J connectivity index is 1.66. The van der Waals surface area contributed by atoms with E-state index >= 15 is 0 Å². The van der Waals surface area contributed by atoms with Gasteiger partial charge in [0.15, 0.2) is 9.84 Å². The number of carbonyl (C=O) groups is 1. The second-order valence-electron chi connectivity index (χ2n) is 9.51. The molecule has 1 aromatic carbocycles. The standard InChI is InChI=1S/C23H29N5O4S/c1-14-10-24-26(11-14)12-15(2)22-25-21-18-5-4-16(3)27(23(29)30)19(18)6-7-20(21)28(22)17-8-9-33(31,32)13-17/h6-7,10-11,15-17H,4-5,8-9,12-13H2,1-3H3,(H,29,30)/t15-,16+,17-/m1/s1. The van der Waals surface area contributed by atoms with Gasteiger partial charge in [-0.1, -0.05) is 6.92 Å². The molecule has 1 fully saturated rings. The van der Waals surface area contributed by atoms with E-state index in [1.54, 1.807) is 0 Å². The molecule has 0 radical (unpaired) electrons. The van der Waals surface area contributed by atoms with Crippen LogP contribution in [0.5, 0.6) is 0 Å². The van der Waals surface area contributed by atoms with Crippen LogP contribution in [0.4, 0.5) is 10.5 Å². The van der Waals surface area contributed by atoms with Gasteiger partial charge in [0.2, 0.25) is 0 Å². The largest absolute Gasteiger partial charge is 0.465 e. The number of aromatic nitrogens is 4. The first-order valence-corrected chi connectivity index (χ1v) is 13.2. The molecule has 0 spiro atoms. The first-order chi connectivity index (χ1) is 15.6. The molecule has 1 amide bonds. The van der Waals surface area contributed by atoms with Crippen LogP contribution in [0.3, 0.4) is 0 Å². The highest BCUT2D eigenvalue weighted by molar-refractivity contribution is 7.91. The summed E-state index contributed by atoms with van der Waals surface area (Å²) >= 11 is 0. The number of hydrogen-bond acceptors (Lipinski definition) is 5. The SMILES string of the molecule is Cc1cnn(C[C@@H](C)c2nc3c4c(ccc3n2[C@@H]2CCS(=O)(=O)C2)N(C(=O)O)[C@@H](C)CC4)c1. The van der Waals surface area contributed by atoms with E-state index in [0.29, 0.717) is 18.7 Å². The molecule has 2 aliphatic rings. The summed E-state index contributed by atoms with van der Waals surface area (Å²) < 4.78 is 28.6. The lowest BCUT2D eigenvalue weighted by Gasteiger charge is -2.33. The third-order valence-electron chi connectivity index (χ3n) is 6.93. The van der Waals surface area contributed by atoms with Crippen molar-refractivity contribution in [2.45, 2.75) is 64.6 Å². The van der Waals surface area contributed by atoms with Crippen molar-refractivity contribution in [3.63, 3.8) is 0 Å². The molecule has 0 saturated carbocycles. The minimum absolute atomic E-state index is 0.00579. The first kappa shape index (κ1) is 21.9. The molecule has 3 atom stereocenters. The molecular weight excluding hydrogens is 442 g/mol. The summed E-state index contributed by atoms with van der Waals surface area (Å²) in [5.74, 6) is 1.11. The Bertz CT molecular complexity index is 1340. The normalized spacial score (nSPS) is 23.1. The molecule has 10 heteroatoms. The van der Waals surface area contributed by atoms with Crippen LogP contribution in [0.15, 0.2) is 24.5 Å². The number of fused-ring (bicyclic) bond motifs is 3. The van der Waals surface area contributed by atoms with E-state index < -0.39 is 15.9 Å². The quantitative estimate of drug-likeness (QED) is 0.623. The van der Waals surface area contributed by atoms with Crippen molar-refractivity contribution in [3.8, 4) is 0 Å². The zero-order valence-corrected chi connectivity index (χ0v) is 19.9. The number of nitrogens with zero attached hydrogens (tertiary/aromatic N) is 5. The van der Waals surface area contributed by atoms with Gasteiger partial charge in [0.05, 0.1) is 47.0 Å². The summed E-state index contributed by atoms with van der Waals surface area (Å²) in [5.41, 5.74) is 4.35. The number of aryl methyl sites for hydroxylation is 2. The van der Waals surface area contributed by atoms with Gasteiger partial charge in [-0.2, -0.15) is 5.10 Å². The van der Waals surface area contributed by atoms with Crippen LogP contribution < -0.4 is 4.90 Å². The molecule has 176 valence electrons. The number of amides is 1. The van der Waals surface area contributed by atoms with E-state index in [1.165, 1.54) is 4.90 Å². The predicted octanol–water partition coefficient (Wildman–Crippen LogP) is 3.52. The maximum Gasteiger partial charge on any atom is 0.412 e. The summed E-state index contributed by atoms with van der Waals surface area (Å²) in [6.07, 6.45) is 4.86. The summed E-state index contributed by atoms with van der Waals surface area (Å²) in [5, 5.41) is 14.2. The lowest BCUT2D eigenvalue weighted by atomic mass is 9.95. The van der Waals surface area contributed by atoms with Crippen molar-refractivity contribution >= 4 is 32.7 Å². The van der Waals surface area contributed by atoms with Gasteiger partial charge in [-0.25, -0.2) is 18.2 Å². The van der Waals surface area contributed by atoms with Crippen LogP contribution >= 0.6 is 0 Å². The smallest absolute Gasteiger partial charge is 0.412 e. The van der Waals surface area contributed by atoms with Crippen LogP contribution in [0, 0.1) is 6.92 Å². The molecule has 2 aromatic heterocycles. The van der Waals surface area contributed by atoms with Crippen molar-refractivity contribution in [1.82, 2.24) is 19.3 Å². The molecule has 5 rings (SSSR count). The Morgan fingerprint density at radius 1 is 1.30 bits per heavy atom. The zero-order valence-electron chi connectivity index (χ0n) is 19.1. The highest BCUT2D eigenvalue weighted by Gasteiger charge is 2.35. The molecule has 0 bridgehead atoms. The van der Waals surface area contributed by atoms with Crippen molar-refractivity contribution in [3.05, 3.63) is 41.5 Å². The molecule has 33 heavy (non-hydrogen) atoms. The third-order valence-corrected chi connectivity index (χ3v) is 8.68. The van der Waals surface area contributed by atoms with Crippen LogP contribution in [-0.4, -0.2) is 56.5 Å². The Labute approximate surface area is 192 Å². The van der Waals surface area contributed by atoms with Crippen molar-refractivity contribution in [2.24, 2.45) is 0 Å². The zero-order chi connectivity index (χ0) is 23.5. The molecule has 1 saturated heterocycles. The first-order valence-electron chi connectivity index (χ1n) is 11.4. The molecule has 4 heterocycles. The van der Waals surface area contributed by atoms with Gasteiger partial charge in [-0.05, 0) is 50.8 Å². The van der Waals surface area contributed by atoms with Gasteiger partial charge in [0.25, 0.3) is 0 Å². The Kier molecular flexibility index (Phi) is 5.23. The summed E-state index contributed by atoms with van der Waals surface area (Å²) in [7, 11) is -3.08. The van der Waals surface area contributed by atoms with E-state index in [2.05, 4.69) is 16.6 Å². The van der Waals surface area contributed by atoms with Gasteiger partial charge in [-0.15, -0.1) is 0 Å². The van der Waals surface area contributed by atoms with Gasteiger partial charge in [0, 0.05) is 23.7 Å². The molecule has 1 N–H and O–H groups in total. The average Bonchev–Trinajstić information content (AvgIpc) is 3.43. The lowest BCUT2D eigenvalue weighted by Crippen LogP contribution is -2.41. The van der Waals surface area contributed by atoms with E-state index in [9.17, 15) is 18.3 Å². The number of hydrogen-bond donors (Lipinski definition) is 1. The number of carboxylic acid groups (broad SMARTS) is 1. The van der Waals surface area contributed by atoms with Gasteiger partial charge >= 0.3 is 6.09 Å². The molecule has 3 aromatic rings. The van der Waals surface area contributed by atoms with Crippen molar-refractivity contribution in [1.29, 1.82) is 0 Å². The topological polar surface area (TPSA) is 110 Å². The van der Waals surface area contributed by atoms with Crippen molar-refractivity contribution in [2.75, 3.05) is 16.4 Å². The maximum absolute atomic E-state index is 12.3. The van der Waals surface area contributed by atoms with E-state index in [0.717, 1.165) is 40.8 Å². The molecule has 9 nitrogen and oxygen atoms in total. The summed E-state index contributed by atoms with van der Waals surface area (Å²) in [6, 6.07) is 3.49. The average molecular weight is 472 g/mol. The van der Waals surface area contributed by atoms with Crippen LogP contribution in [0.25, 0.3) is 11.0 Å². The fourth-order valence-corrected chi connectivity index (χ4v) is 7.05. The predicted molar refractivity (Wildman–Crippen MR) is 126 cm³/mol. The highest BCUT2D eigenvalue weighted by Crippen LogP contribution is 2.39. The lowest BCUT2D eigenvalue weighted by molar-refractivity contribution is 0.198. The number of rotatable bonds is 4. The van der Waals surface area contributed by atoms with Gasteiger partial charge in [-0.3, -0.25) is 9.58 Å². The fraction of sp³-hybridized carbons (Fsp3) is 0.522. The van der Waals surface area contributed by atoms with Gasteiger partial charge < -0.3 is 9.67 Å². The fourth-order valence-electron chi connectivity index (χ4n) is 5.35. The van der Waals surface area contributed by atoms with Crippen molar-refractivity contribution < 1.29 is 18.3 Å². The Morgan fingerprint density at radius 2 is 2.09 bits per heavy atom. The Hall–Kier alpha value is -2.88. The number of imidazole rings is 1. The summed E-state index contributed by atoms with van der Waals surface area (Å²) in [6.45, 7) is 6.62. The molecule has 0 unspecified atom stereocenters. The second-order valence-corrected chi connectivity index (χ2v) is 11.7. The molecular formula is C23H29N5O4S. The highest BCUT2D eigenvalue weighted by atomic mass is 32.2. The third kappa shape index (κ3) is 3.80. The van der Waals surface area contributed by atoms with Gasteiger partial charge in [0.1, 0.15) is 5.82 Å². The van der Waals surface area contributed by atoms with E-state index in [1.807, 2.05) is 43.1 Å². The number of sulfone groups is 1. The monoisotopic (exact) mass is 471 g/mol. The number of benzene rings is 1. The minimum Gasteiger partial charge on any atom is -0.465 e. The van der Waals surface area contributed by atoms with Crippen LogP contribution in [0.1, 0.15) is 55.6 Å². The molecule has 0 aliphatic carbocycles. The molecule has 2 aliphatic heterocycles. The van der Waals surface area contributed by atoms with Crippen LogP contribution in [-0.2, 0) is 22.8 Å². The van der Waals surface area contributed by atoms with E-state index in [-0.39, 0.29) is 29.5 Å². The maximum atomic E-state index is 12.3. The second kappa shape index (κ2) is 7.86. The summed E-state index contributed by atoms with van der Waals surface area (Å²) in [4.78, 5) is 18.4. The Morgan fingerprint density at radius 3 is 2.73 bits per heavy atom. The van der Waals surface area contributed by atoms with E-state index in [4.69, 9.17) is 4.98 Å². The number of anilines is 1. The minimum atomic E-state index is -3.08. The van der Waals surface area contributed by atoms with Crippen LogP contribution in [0.2, 0.25) is 0 Å².